The molecule has 1 N–H and O–H groups in total. The molecule has 122 valence electrons. The average molecular weight is 323 g/mol. The first-order chi connectivity index (χ1) is 11.0. The lowest BCUT2D eigenvalue weighted by Crippen LogP contribution is -2.46. The zero-order valence-electron chi connectivity index (χ0n) is 12.2. The number of hydrogen-bond acceptors (Lipinski definition) is 5. The lowest BCUT2D eigenvalue weighted by molar-refractivity contribution is 0.0690. The Morgan fingerprint density at radius 3 is 2.65 bits per heavy atom. The molecule has 1 aromatic heterocycles. The number of carboxylic acid groups (broad SMARTS) is 1. The average Bonchev–Trinajstić information content (AvgIpc) is 2.99. The molecule has 0 bridgehead atoms. The van der Waals surface area contributed by atoms with E-state index >= 15 is 0 Å². The third-order valence-electron chi connectivity index (χ3n) is 3.75. The predicted molar refractivity (Wildman–Crippen MR) is 77.3 cm³/mol. The Morgan fingerprint density at radius 1 is 1.26 bits per heavy atom. The van der Waals surface area contributed by atoms with Crippen molar-refractivity contribution < 1.29 is 23.1 Å². The molecule has 1 fully saturated rings. The van der Waals surface area contributed by atoms with E-state index in [4.69, 9.17) is 9.52 Å². The number of anilines is 1. The smallest absolute Gasteiger partial charge is 0.357 e. The molecule has 0 saturated carbocycles. The number of piperazine rings is 1. The lowest BCUT2D eigenvalue weighted by atomic mass is 10.2. The second-order valence-electron chi connectivity index (χ2n) is 5.29. The van der Waals surface area contributed by atoms with Gasteiger partial charge in [0.1, 0.15) is 17.9 Å². The highest BCUT2D eigenvalue weighted by molar-refractivity contribution is 5.84. The van der Waals surface area contributed by atoms with E-state index in [1.54, 1.807) is 4.90 Å². The first-order valence-corrected chi connectivity index (χ1v) is 7.13. The molecule has 0 spiro atoms. The minimum absolute atomic E-state index is 0.125. The number of hydrogen-bond donors (Lipinski definition) is 1. The Labute approximate surface area is 130 Å². The van der Waals surface area contributed by atoms with Crippen molar-refractivity contribution in [3.63, 3.8) is 0 Å². The maximum Gasteiger partial charge on any atom is 0.357 e. The summed E-state index contributed by atoms with van der Waals surface area (Å²) in [5.41, 5.74) is 0.134. The van der Waals surface area contributed by atoms with Crippen LogP contribution in [0.1, 0.15) is 16.4 Å². The van der Waals surface area contributed by atoms with Gasteiger partial charge in [0.25, 0.3) is 0 Å². The van der Waals surface area contributed by atoms with E-state index in [2.05, 4.69) is 4.98 Å². The minimum Gasteiger partial charge on any atom is -0.476 e. The molecule has 1 aliphatic heterocycles. The highest BCUT2D eigenvalue weighted by atomic mass is 19.1. The minimum atomic E-state index is -1.13. The molecule has 1 aromatic carbocycles. The summed E-state index contributed by atoms with van der Waals surface area (Å²) >= 11 is 0. The standard InChI is InChI=1S/C15H15F2N3O3/c16-10-1-2-11(17)13(7-10)20-5-3-19(4-6-20)8-14-18-12(9-23-14)15(21)22/h1-2,7,9H,3-6,8H2,(H,21,22). The molecular formula is C15H15F2N3O3. The molecule has 6 nitrogen and oxygen atoms in total. The summed E-state index contributed by atoms with van der Waals surface area (Å²) in [5, 5.41) is 8.80. The van der Waals surface area contributed by atoms with Crippen molar-refractivity contribution in [3.05, 3.63) is 47.7 Å². The van der Waals surface area contributed by atoms with Crippen LogP contribution < -0.4 is 4.90 Å². The number of carbonyl (C=O) groups is 1. The van der Waals surface area contributed by atoms with Gasteiger partial charge in [-0.05, 0) is 12.1 Å². The number of rotatable bonds is 4. The summed E-state index contributed by atoms with van der Waals surface area (Å²) < 4.78 is 32.2. The van der Waals surface area contributed by atoms with Gasteiger partial charge in [-0.3, -0.25) is 4.90 Å². The Balaban J connectivity index is 1.59. The van der Waals surface area contributed by atoms with Crippen LogP contribution in [0, 0.1) is 11.6 Å². The SMILES string of the molecule is O=C(O)c1coc(CN2CCN(c3cc(F)ccc3F)CC2)n1. The first-order valence-electron chi connectivity index (χ1n) is 7.13. The molecule has 0 atom stereocenters. The Morgan fingerprint density at radius 2 is 2.00 bits per heavy atom. The first kappa shape index (κ1) is 15.4. The number of carboxylic acids is 1. The number of halogens is 2. The fourth-order valence-corrected chi connectivity index (χ4v) is 2.55. The van der Waals surface area contributed by atoms with Crippen LogP contribution in [0.4, 0.5) is 14.5 Å². The van der Waals surface area contributed by atoms with Crippen LogP contribution in [0.15, 0.2) is 28.9 Å². The third-order valence-corrected chi connectivity index (χ3v) is 3.75. The van der Waals surface area contributed by atoms with Gasteiger partial charge in [-0.2, -0.15) is 0 Å². The Hall–Kier alpha value is -2.48. The maximum absolute atomic E-state index is 13.8. The van der Waals surface area contributed by atoms with Gasteiger partial charge >= 0.3 is 5.97 Å². The lowest BCUT2D eigenvalue weighted by Gasteiger charge is -2.35. The van der Waals surface area contributed by atoms with Gasteiger partial charge < -0.3 is 14.4 Å². The van der Waals surface area contributed by atoms with Gasteiger partial charge in [0.05, 0.1) is 12.2 Å². The number of aromatic carboxylic acids is 1. The molecule has 3 rings (SSSR count). The molecular weight excluding hydrogens is 308 g/mol. The van der Waals surface area contributed by atoms with Gasteiger partial charge in [-0.1, -0.05) is 0 Å². The third kappa shape index (κ3) is 3.48. The molecule has 8 heteroatoms. The van der Waals surface area contributed by atoms with Crippen LogP contribution in [-0.4, -0.2) is 47.1 Å². The van der Waals surface area contributed by atoms with E-state index in [1.807, 2.05) is 4.90 Å². The fourth-order valence-electron chi connectivity index (χ4n) is 2.55. The summed E-state index contributed by atoms with van der Waals surface area (Å²) in [4.78, 5) is 18.4. The van der Waals surface area contributed by atoms with E-state index in [0.29, 0.717) is 38.6 Å². The van der Waals surface area contributed by atoms with Gasteiger partial charge in [-0.25, -0.2) is 18.6 Å². The fraction of sp³-hybridized carbons (Fsp3) is 0.333. The second kappa shape index (κ2) is 6.33. The second-order valence-corrected chi connectivity index (χ2v) is 5.29. The van der Waals surface area contributed by atoms with Crippen LogP contribution in [-0.2, 0) is 6.54 Å². The van der Waals surface area contributed by atoms with Crippen LogP contribution in [0.2, 0.25) is 0 Å². The van der Waals surface area contributed by atoms with Crippen molar-refractivity contribution in [2.45, 2.75) is 6.54 Å². The van der Waals surface area contributed by atoms with Gasteiger partial charge in [0, 0.05) is 32.2 Å². The zero-order valence-corrected chi connectivity index (χ0v) is 12.2. The summed E-state index contributed by atoms with van der Waals surface area (Å²) in [7, 11) is 0. The number of oxazole rings is 1. The van der Waals surface area contributed by atoms with E-state index in [1.165, 1.54) is 6.07 Å². The molecule has 2 heterocycles. The molecule has 1 saturated heterocycles. The number of nitrogens with zero attached hydrogens (tertiary/aromatic N) is 3. The molecule has 0 unspecified atom stereocenters. The van der Waals surface area contributed by atoms with Crippen molar-refractivity contribution in [1.29, 1.82) is 0 Å². The van der Waals surface area contributed by atoms with Gasteiger partial charge in [-0.15, -0.1) is 0 Å². The molecule has 0 aliphatic carbocycles. The molecule has 23 heavy (non-hydrogen) atoms. The normalized spacial score (nSPS) is 15.8. The van der Waals surface area contributed by atoms with Crippen molar-refractivity contribution in [2.75, 3.05) is 31.1 Å². The summed E-state index contributed by atoms with van der Waals surface area (Å²) in [6.45, 7) is 2.67. The summed E-state index contributed by atoms with van der Waals surface area (Å²) in [5.74, 6) is -1.72. The van der Waals surface area contributed by atoms with E-state index in [0.717, 1.165) is 18.4 Å². The van der Waals surface area contributed by atoms with Crippen molar-refractivity contribution in [1.82, 2.24) is 9.88 Å². The van der Waals surface area contributed by atoms with Crippen LogP contribution in [0.5, 0.6) is 0 Å². The molecule has 0 radical (unpaired) electrons. The number of benzene rings is 1. The van der Waals surface area contributed by atoms with E-state index < -0.39 is 17.6 Å². The van der Waals surface area contributed by atoms with Crippen molar-refractivity contribution >= 4 is 11.7 Å². The molecule has 2 aromatic rings. The number of aromatic nitrogens is 1. The van der Waals surface area contributed by atoms with Crippen LogP contribution in [0.25, 0.3) is 0 Å². The Kier molecular flexibility index (Phi) is 4.24. The van der Waals surface area contributed by atoms with Gasteiger partial charge in [0.2, 0.25) is 5.89 Å². The Bertz CT molecular complexity index is 712. The quantitative estimate of drug-likeness (QED) is 0.928. The van der Waals surface area contributed by atoms with E-state index in [9.17, 15) is 13.6 Å². The maximum atomic E-state index is 13.8. The monoisotopic (exact) mass is 323 g/mol. The van der Waals surface area contributed by atoms with Crippen LogP contribution >= 0.6 is 0 Å². The molecule has 0 amide bonds. The largest absolute Gasteiger partial charge is 0.476 e. The highest BCUT2D eigenvalue weighted by Gasteiger charge is 2.21. The van der Waals surface area contributed by atoms with Crippen molar-refractivity contribution in [3.8, 4) is 0 Å². The van der Waals surface area contributed by atoms with E-state index in [-0.39, 0.29) is 11.4 Å². The highest BCUT2D eigenvalue weighted by Crippen LogP contribution is 2.22. The van der Waals surface area contributed by atoms with Crippen LogP contribution in [0.3, 0.4) is 0 Å². The summed E-state index contributed by atoms with van der Waals surface area (Å²) in [6, 6.07) is 3.41. The topological polar surface area (TPSA) is 69.8 Å². The summed E-state index contributed by atoms with van der Waals surface area (Å²) in [6.07, 6.45) is 1.11. The van der Waals surface area contributed by atoms with Crippen molar-refractivity contribution in [2.24, 2.45) is 0 Å². The van der Waals surface area contributed by atoms with Gasteiger partial charge in [0.15, 0.2) is 5.69 Å². The molecule has 1 aliphatic rings. The zero-order chi connectivity index (χ0) is 16.4. The predicted octanol–water partition coefficient (Wildman–Crippen LogP) is 1.97.